The molecular weight excluding hydrogens is 353 g/mol. The van der Waals surface area contributed by atoms with E-state index >= 15 is 0 Å². The number of nitrogens with zero attached hydrogens (tertiary/aromatic N) is 2. The quantitative estimate of drug-likeness (QED) is 0.785. The molecule has 138 valence electrons. The zero-order valence-corrected chi connectivity index (χ0v) is 14.6. The zero-order chi connectivity index (χ0) is 17.7. The molecule has 0 atom stereocenters. The van der Waals surface area contributed by atoms with E-state index in [0.717, 1.165) is 0 Å². The minimum Gasteiger partial charge on any atom is -0.480 e. The van der Waals surface area contributed by atoms with Crippen LogP contribution >= 0.6 is 12.4 Å². The Morgan fingerprint density at radius 1 is 1.20 bits per heavy atom. The first-order valence-corrected chi connectivity index (χ1v) is 7.63. The molecule has 0 aromatic heterocycles. The van der Waals surface area contributed by atoms with Gasteiger partial charge in [0.1, 0.15) is 12.4 Å². The summed E-state index contributed by atoms with van der Waals surface area (Å²) in [5.74, 6) is -2.10. The molecule has 0 spiro atoms. The highest BCUT2D eigenvalue weighted by Crippen LogP contribution is 2.13. The molecule has 0 unspecified atom stereocenters. The molecule has 25 heavy (non-hydrogen) atoms. The third-order valence-electron chi connectivity index (χ3n) is 3.88. The van der Waals surface area contributed by atoms with E-state index in [9.17, 15) is 18.8 Å². The van der Waals surface area contributed by atoms with E-state index in [2.05, 4.69) is 5.32 Å². The van der Waals surface area contributed by atoms with Crippen molar-refractivity contribution in [3.8, 4) is 0 Å². The fraction of sp³-hybridized carbons (Fsp3) is 0.438. The van der Waals surface area contributed by atoms with Crippen LogP contribution in [0.4, 0.5) is 4.39 Å². The van der Waals surface area contributed by atoms with Gasteiger partial charge in [0.15, 0.2) is 0 Å². The van der Waals surface area contributed by atoms with Crippen LogP contribution < -0.4 is 5.32 Å². The lowest BCUT2D eigenvalue weighted by Crippen LogP contribution is -2.51. The minimum absolute atomic E-state index is 0. The summed E-state index contributed by atoms with van der Waals surface area (Å²) in [7, 11) is 0. The van der Waals surface area contributed by atoms with Gasteiger partial charge >= 0.3 is 5.97 Å². The van der Waals surface area contributed by atoms with E-state index in [1.165, 1.54) is 6.07 Å². The predicted octanol–water partition coefficient (Wildman–Crippen LogP) is 0.515. The maximum absolute atomic E-state index is 13.6. The van der Waals surface area contributed by atoms with E-state index in [0.29, 0.717) is 37.3 Å². The highest BCUT2D eigenvalue weighted by atomic mass is 35.5. The van der Waals surface area contributed by atoms with Gasteiger partial charge in [-0.15, -0.1) is 12.4 Å². The van der Waals surface area contributed by atoms with Crippen molar-refractivity contribution >= 4 is 30.2 Å². The number of aliphatic carboxylic acids is 1. The number of hydrogen-bond acceptors (Lipinski definition) is 4. The van der Waals surface area contributed by atoms with Gasteiger partial charge in [0, 0.05) is 31.7 Å². The van der Waals surface area contributed by atoms with Crippen LogP contribution in [0.3, 0.4) is 0 Å². The van der Waals surface area contributed by atoms with E-state index < -0.39 is 18.3 Å². The molecule has 9 heteroatoms. The van der Waals surface area contributed by atoms with E-state index in [1.807, 2.05) is 4.90 Å². The topological polar surface area (TPSA) is 90.0 Å². The minimum atomic E-state index is -1.09. The number of rotatable bonds is 5. The summed E-state index contributed by atoms with van der Waals surface area (Å²) in [5.41, 5.74) is 0.800. The lowest BCUT2D eigenvalue weighted by atomic mass is 10.1. The number of amides is 2. The van der Waals surface area contributed by atoms with Crippen LogP contribution in [0.15, 0.2) is 18.2 Å². The molecule has 1 aromatic rings. The molecule has 1 saturated heterocycles. The Morgan fingerprint density at radius 3 is 2.40 bits per heavy atom. The van der Waals surface area contributed by atoms with Crippen LogP contribution in [0.2, 0.25) is 0 Å². The number of carbonyl (C=O) groups excluding carboxylic acids is 2. The molecule has 0 bridgehead atoms. The van der Waals surface area contributed by atoms with E-state index in [4.69, 9.17) is 5.11 Å². The van der Waals surface area contributed by atoms with Gasteiger partial charge in [0.25, 0.3) is 5.91 Å². The Balaban J connectivity index is 0.00000312. The number of benzene rings is 1. The second kappa shape index (κ2) is 9.33. The molecular formula is C16H21ClFN3O4. The summed E-state index contributed by atoms with van der Waals surface area (Å²) in [5, 5.41) is 10.8. The van der Waals surface area contributed by atoms with Gasteiger partial charge in [0.2, 0.25) is 5.91 Å². The maximum Gasteiger partial charge on any atom is 0.322 e. The number of aryl methyl sites for hydroxylation is 1. The largest absolute Gasteiger partial charge is 0.480 e. The number of piperazine rings is 1. The second-order valence-electron chi connectivity index (χ2n) is 5.70. The Labute approximate surface area is 151 Å². The molecule has 1 aliphatic heterocycles. The molecule has 0 aliphatic carbocycles. The summed E-state index contributed by atoms with van der Waals surface area (Å²) < 4.78 is 13.6. The van der Waals surface area contributed by atoms with Crippen molar-refractivity contribution in [1.82, 2.24) is 15.1 Å². The van der Waals surface area contributed by atoms with Crippen LogP contribution in [0, 0.1) is 12.7 Å². The Morgan fingerprint density at radius 2 is 1.84 bits per heavy atom. The molecule has 7 nitrogen and oxygen atoms in total. The first-order chi connectivity index (χ1) is 11.4. The van der Waals surface area contributed by atoms with Gasteiger partial charge in [-0.2, -0.15) is 0 Å². The highest BCUT2D eigenvalue weighted by molar-refractivity contribution is 5.94. The van der Waals surface area contributed by atoms with Crippen LogP contribution in [0.25, 0.3) is 0 Å². The molecule has 2 amide bonds. The first-order valence-electron chi connectivity index (χ1n) is 7.63. The van der Waals surface area contributed by atoms with Crippen LogP contribution in [-0.2, 0) is 9.59 Å². The number of carboxylic acid groups (broad SMARTS) is 1. The summed E-state index contributed by atoms with van der Waals surface area (Å²) in [4.78, 5) is 37.8. The third-order valence-corrected chi connectivity index (χ3v) is 3.88. The molecule has 1 aromatic carbocycles. The normalized spacial score (nSPS) is 14.6. The maximum atomic E-state index is 13.6. The smallest absolute Gasteiger partial charge is 0.322 e. The monoisotopic (exact) mass is 373 g/mol. The average molecular weight is 374 g/mol. The number of nitrogens with one attached hydrogen (secondary N) is 1. The van der Waals surface area contributed by atoms with Crippen LogP contribution in [-0.4, -0.2) is 72.0 Å². The predicted molar refractivity (Wildman–Crippen MR) is 91.4 cm³/mol. The molecule has 0 radical (unpaired) electrons. The van der Waals surface area contributed by atoms with Crippen molar-refractivity contribution < 1.29 is 23.9 Å². The van der Waals surface area contributed by atoms with Crippen molar-refractivity contribution in [2.45, 2.75) is 6.92 Å². The van der Waals surface area contributed by atoms with Crippen molar-refractivity contribution in [2.24, 2.45) is 0 Å². The molecule has 2 N–H and O–H groups in total. The SMILES string of the molecule is Cc1ccc(C(=O)N2CCN(CC(=O)NCC(=O)O)CC2)cc1F.Cl. The Bertz CT molecular complexity index is 648. The van der Waals surface area contributed by atoms with Crippen molar-refractivity contribution in [2.75, 3.05) is 39.3 Å². The average Bonchev–Trinajstić information content (AvgIpc) is 2.55. The zero-order valence-electron chi connectivity index (χ0n) is 13.8. The number of halogens is 2. The lowest BCUT2D eigenvalue weighted by Gasteiger charge is -2.34. The van der Waals surface area contributed by atoms with E-state index in [-0.39, 0.29) is 30.8 Å². The molecule has 1 heterocycles. The molecule has 2 rings (SSSR count). The van der Waals surface area contributed by atoms with Crippen LogP contribution in [0.5, 0.6) is 0 Å². The van der Waals surface area contributed by atoms with E-state index in [1.54, 1.807) is 24.0 Å². The van der Waals surface area contributed by atoms with Gasteiger partial charge in [0.05, 0.1) is 6.54 Å². The second-order valence-corrected chi connectivity index (χ2v) is 5.70. The first kappa shape index (κ1) is 20.9. The molecule has 0 saturated carbocycles. The van der Waals surface area contributed by atoms with Crippen molar-refractivity contribution in [3.05, 3.63) is 35.1 Å². The van der Waals surface area contributed by atoms with Crippen LogP contribution in [0.1, 0.15) is 15.9 Å². The summed E-state index contributed by atoms with van der Waals surface area (Å²) in [6.45, 7) is 3.19. The van der Waals surface area contributed by atoms with Crippen molar-refractivity contribution in [3.63, 3.8) is 0 Å². The summed E-state index contributed by atoms with van der Waals surface area (Å²) >= 11 is 0. The fourth-order valence-corrected chi connectivity index (χ4v) is 2.45. The Kier molecular flexibility index (Phi) is 7.79. The molecule has 1 fully saturated rings. The fourth-order valence-electron chi connectivity index (χ4n) is 2.45. The van der Waals surface area contributed by atoms with Gasteiger partial charge in [-0.3, -0.25) is 19.3 Å². The lowest BCUT2D eigenvalue weighted by molar-refractivity contribution is -0.138. The summed E-state index contributed by atoms with van der Waals surface area (Å²) in [6, 6.07) is 4.42. The van der Waals surface area contributed by atoms with Gasteiger partial charge in [-0.1, -0.05) is 6.07 Å². The highest BCUT2D eigenvalue weighted by Gasteiger charge is 2.23. The van der Waals surface area contributed by atoms with Gasteiger partial charge < -0.3 is 15.3 Å². The summed E-state index contributed by atoms with van der Waals surface area (Å²) in [6.07, 6.45) is 0. The number of hydrogen-bond donors (Lipinski definition) is 2. The number of carbonyl (C=O) groups is 3. The van der Waals surface area contributed by atoms with Gasteiger partial charge in [-0.05, 0) is 24.6 Å². The van der Waals surface area contributed by atoms with Crippen molar-refractivity contribution in [1.29, 1.82) is 0 Å². The Hall–Kier alpha value is -2.19. The molecule has 1 aliphatic rings. The standard InChI is InChI=1S/C16H20FN3O4.ClH/c1-11-2-3-12(8-13(11)17)16(24)20-6-4-19(5-7-20)10-14(21)18-9-15(22)23;/h2-3,8H,4-7,9-10H2,1H3,(H,18,21)(H,22,23);1H. The van der Waals surface area contributed by atoms with Gasteiger partial charge in [-0.25, -0.2) is 4.39 Å². The third kappa shape index (κ3) is 5.99. The number of carboxylic acids is 1.